The van der Waals surface area contributed by atoms with Crippen molar-refractivity contribution in [3.63, 3.8) is 0 Å². The number of nitrogens with one attached hydrogen (secondary N) is 2. The van der Waals surface area contributed by atoms with E-state index in [4.69, 9.17) is 0 Å². The van der Waals surface area contributed by atoms with Crippen LogP contribution in [-0.4, -0.2) is 40.0 Å². The van der Waals surface area contributed by atoms with Gasteiger partial charge < -0.3 is 10.6 Å². The molecule has 1 unspecified atom stereocenters. The number of rotatable bonds is 8. The first-order valence-corrected chi connectivity index (χ1v) is 6.09. The third-order valence-electron chi connectivity index (χ3n) is 2.43. The normalized spacial score (nSPS) is 12.4. The molecule has 1 aromatic rings. The summed E-state index contributed by atoms with van der Waals surface area (Å²) in [5, 5.41) is 13.6. The van der Waals surface area contributed by atoms with Crippen molar-refractivity contribution in [2.75, 3.05) is 13.1 Å². The van der Waals surface area contributed by atoms with Crippen LogP contribution in [0.2, 0.25) is 0 Å². The SMILES string of the molecule is CCCNC(=O)C(C)NCCCn1ccnn1. The fraction of sp³-hybridized carbons (Fsp3) is 0.727. The Labute approximate surface area is 102 Å². The largest absolute Gasteiger partial charge is 0.355 e. The van der Waals surface area contributed by atoms with E-state index in [0.29, 0.717) is 0 Å². The predicted octanol–water partition coefficient (Wildman–Crippen LogP) is 0.173. The van der Waals surface area contributed by atoms with Crippen molar-refractivity contribution in [1.29, 1.82) is 0 Å². The zero-order valence-corrected chi connectivity index (χ0v) is 10.5. The number of carbonyl (C=O) groups is 1. The Morgan fingerprint density at radius 2 is 2.29 bits per heavy atom. The molecule has 6 heteroatoms. The van der Waals surface area contributed by atoms with E-state index in [0.717, 1.165) is 32.5 Å². The topological polar surface area (TPSA) is 71.8 Å². The fourth-order valence-corrected chi connectivity index (χ4v) is 1.41. The van der Waals surface area contributed by atoms with Gasteiger partial charge in [-0.2, -0.15) is 0 Å². The van der Waals surface area contributed by atoms with E-state index < -0.39 is 0 Å². The van der Waals surface area contributed by atoms with Gasteiger partial charge in [-0.15, -0.1) is 5.10 Å². The zero-order valence-electron chi connectivity index (χ0n) is 10.5. The van der Waals surface area contributed by atoms with Crippen molar-refractivity contribution < 1.29 is 4.79 Å². The molecule has 1 aromatic heterocycles. The summed E-state index contributed by atoms with van der Waals surface area (Å²) >= 11 is 0. The Bertz CT molecular complexity index is 312. The Kier molecular flexibility index (Phi) is 6.24. The Morgan fingerprint density at radius 3 is 2.94 bits per heavy atom. The molecule has 1 heterocycles. The Morgan fingerprint density at radius 1 is 1.47 bits per heavy atom. The first kappa shape index (κ1) is 13.6. The van der Waals surface area contributed by atoms with Crippen molar-refractivity contribution >= 4 is 5.91 Å². The minimum Gasteiger partial charge on any atom is -0.355 e. The number of hydrogen-bond donors (Lipinski definition) is 2. The molecule has 0 aliphatic heterocycles. The maximum Gasteiger partial charge on any atom is 0.236 e. The van der Waals surface area contributed by atoms with Crippen LogP contribution in [0.25, 0.3) is 0 Å². The first-order valence-electron chi connectivity index (χ1n) is 6.09. The summed E-state index contributed by atoms with van der Waals surface area (Å²) in [6, 6.07) is -0.141. The number of hydrogen-bond acceptors (Lipinski definition) is 4. The first-order chi connectivity index (χ1) is 8.24. The van der Waals surface area contributed by atoms with E-state index >= 15 is 0 Å². The van der Waals surface area contributed by atoms with Gasteiger partial charge in [0.15, 0.2) is 0 Å². The fourth-order valence-electron chi connectivity index (χ4n) is 1.41. The minimum atomic E-state index is -0.141. The monoisotopic (exact) mass is 239 g/mol. The van der Waals surface area contributed by atoms with E-state index in [1.165, 1.54) is 0 Å². The molecule has 1 atom stereocenters. The van der Waals surface area contributed by atoms with Crippen LogP contribution in [0.15, 0.2) is 12.4 Å². The lowest BCUT2D eigenvalue weighted by Crippen LogP contribution is -2.42. The van der Waals surface area contributed by atoms with E-state index in [1.54, 1.807) is 10.9 Å². The van der Waals surface area contributed by atoms with Gasteiger partial charge >= 0.3 is 0 Å². The predicted molar refractivity (Wildman–Crippen MR) is 65.4 cm³/mol. The molecular formula is C11H21N5O. The smallest absolute Gasteiger partial charge is 0.236 e. The highest BCUT2D eigenvalue weighted by Gasteiger charge is 2.10. The summed E-state index contributed by atoms with van der Waals surface area (Å²) in [4.78, 5) is 11.5. The molecule has 0 saturated carbocycles. The molecule has 1 amide bonds. The van der Waals surface area contributed by atoms with Gasteiger partial charge in [0.1, 0.15) is 0 Å². The Balaban J connectivity index is 2.07. The van der Waals surface area contributed by atoms with Crippen LogP contribution >= 0.6 is 0 Å². The third-order valence-corrected chi connectivity index (χ3v) is 2.43. The lowest BCUT2D eigenvalue weighted by Gasteiger charge is -2.13. The highest BCUT2D eigenvalue weighted by molar-refractivity contribution is 5.81. The van der Waals surface area contributed by atoms with E-state index in [9.17, 15) is 4.79 Å². The number of aryl methyl sites for hydroxylation is 1. The summed E-state index contributed by atoms with van der Waals surface area (Å²) < 4.78 is 1.78. The van der Waals surface area contributed by atoms with E-state index in [-0.39, 0.29) is 11.9 Å². The number of nitrogens with zero attached hydrogens (tertiary/aromatic N) is 3. The summed E-state index contributed by atoms with van der Waals surface area (Å²) in [5.41, 5.74) is 0. The van der Waals surface area contributed by atoms with Crippen LogP contribution in [-0.2, 0) is 11.3 Å². The third kappa shape index (κ3) is 5.44. The van der Waals surface area contributed by atoms with Gasteiger partial charge in [0.2, 0.25) is 5.91 Å². The molecule has 0 saturated heterocycles. The van der Waals surface area contributed by atoms with Gasteiger partial charge in [0, 0.05) is 19.3 Å². The van der Waals surface area contributed by atoms with Crippen LogP contribution in [0.4, 0.5) is 0 Å². The van der Waals surface area contributed by atoms with E-state index in [2.05, 4.69) is 20.9 Å². The van der Waals surface area contributed by atoms with Gasteiger partial charge in [-0.05, 0) is 26.3 Å². The minimum absolute atomic E-state index is 0.0626. The molecule has 0 aromatic carbocycles. The summed E-state index contributed by atoms with van der Waals surface area (Å²) in [6.07, 6.45) is 5.38. The molecule has 0 aliphatic carbocycles. The average Bonchev–Trinajstić information content (AvgIpc) is 2.84. The summed E-state index contributed by atoms with van der Waals surface area (Å²) in [7, 11) is 0. The average molecular weight is 239 g/mol. The lowest BCUT2D eigenvalue weighted by atomic mass is 10.3. The molecule has 0 aliphatic rings. The van der Waals surface area contributed by atoms with Crippen LogP contribution in [0.1, 0.15) is 26.7 Å². The molecular weight excluding hydrogens is 218 g/mol. The van der Waals surface area contributed by atoms with Crippen LogP contribution < -0.4 is 10.6 Å². The molecule has 96 valence electrons. The second-order valence-electron chi connectivity index (χ2n) is 3.99. The number of amides is 1. The molecule has 0 spiro atoms. The quantitative estimate of drug-likeness (QED) is 0.634. The maximum absolute atomic E-state index is 11.5. The second-order valence-corrected chi connectivity index (χ2v) is 3.99. The molecule has 0 fully saturated rings. The summed E-state index contributed by atoms with van der Waals surface area (Å²) in [6.45, 7) is 6.26. The molecule has 17 heavy (non-hydrogen) atoms. The van der Waals surface area contributed by atoms with Crippen LogP contribution in [0.5, 0.6) is 0 Å². The molecule has 1 rings (SSSR count). The molecule has 0 bridgehead atoms. The van der Waals surface area contributed by atoms with Gasteiger partial charge in [0.05, 0.1) is 12.2 Å². The van der Waals surface area contributed by atoms with Crippen molar-refractivity contribution in [1.82, 2.24) is 25.6 Å². The molecule has 6 nitrogen and oxygen atoms in total. The van der Waals surface area contributed by atoms with Gasteiger partial charge in [-0.3, -0.25) is 9.48 Å². The molecule has 2 N–H and O–H groups in total. The van der Waals surface area contributed by atoms with Crippen molar-refractivity contribution in [3.8, 4) is 0 Å². The van der Waals surface area contributed by atoms with Gasteiger partial charge in [-0.1, -0.05) is 12.1 Å². The van der Waals surface area contributed by atoms with E-state index in [1.807, 2.05) is 20.0 Å². The Hall–Kier alpha value is -1.43. The van der Waals surface area contributed by atoms with Crippen molar-refractivity contribution in [2.24, 2.45) is 0 Å². The standard InChI is InChI=1S/C11H21N5O/c1-3-5-13-11(17)10(2)12-6-4-8-16-9-7-14-15-16/h7,9-10,12H,3-6,8H2,1-2H3,(H,13,17). The van der Waals surface area contributed by atoms with Gasteiger partial charge in [-0.25, -0.2) is 0 Å². The highest BCUT2D eigenvalue weighted by Crippen LogP contribution is 1.88. The molecule has 0 radical (unpaired) electrons. The van der Waals surface area contributed by atoms with Crippen molar-refractivity contribution in [2.45, 2.75) is 39.3 Å². The summed E-state index contributed by atoms with van der Waals surface area (Å²) in [5.74, 6) is 0.0626. The second kappa shape index (κ2) is 7.78. The number of aromatic nitrogens is 3. The zero-order chi connectivity index (χ0) is 12.5. The number of carbonyl (C=O) groups excluding carboxylic acids is 1. The lowest BCUT2D eigenvalue weighted by molar-refractivity contribution is -0.122. The maximum atomic E-state index is 11.5. The van der Waals surface area contributed by atoms with Crippen LogP contribution in [0, 0.1) is 0 Å². The van der Waals surface area contributed by atoms with Crippen molar-refractivity contribution in [3.05, 3.63) is 12.4 Å². The van der Waals surface area contributed by atoms with Gasteiger partial charge in [0.25, 0.3) is 0 Å². The highest BCUT2D eigenvalue weighted by atomic mass is 16.2. The van der Waals surface area contributed by atoms with Crippen LogP contribution in [0.3, 0.4) is 0 Å².